The highest BCUT2D eigenvalue weighted by atomic mass is 32.2. The summed E-state index contributed by atoms with van der Waals surface area (Å²) in [4.78, 5) is 12.1. The molecule has 1 aromatic carbocycles. The van der Waals surface area contributed by atoms with Gasteiger partial charge in [0.2, 0.25) is 11.0 Å². The Balaban J connectivity index is 1.95. The first-order valence-corrected chi connectivity index (χ1v) is 8.74. The fourth-order valence-corrected chi connectivity index (χ4v) is 3.76. The van der Waals surface area contributed by atoms with Crippen LogP contribution in [0.4, 0.5) is 5.13 Å². The molecule has 1 unspecified atom stereocenters. The van der Waals surface area contributed by atoms with Crippen LogP contribution in [0, 0.1) is 0 Å². The van der Waals surface area contributed by atoms with Gasteiger partial charge < -0.3 is 10.1 Å². The largest absolute Gasteiger partial charge is 0.496 e. The van der Waals surface area contributed by atoms with E-state index < -0.39 is 0 Å². The number of anilines is 1. The van der Waals surface area contributed by atoms with Crippen molar-refractivity contribution in [3.8, 4) is 5.75 Å². The SMILES string of the molecule is CCC(C)Sc1nnc(NC(=O)Cc2ccccc2OC)s1. The molecule has 0 aliphatic carbocycles. The number of nitrogens with zero attached hydrogens (tertiary/aromatic N) is 2. The number of hydrogen-bond acceptors (Lipinski definition) is 6. The molecule has 0 saturated carbocycles. The number of nitrogens with one attached hydrogen (secondary N) is 1. The Bertz CT molecular complexity index is 631. The van der Waals surface area contributed by atoms with Gasteiger partial charge in [-0.2, -0.15) is 0 Å². The van der Waals surface area contributed by atoms with Crippen molar-refractivity contribution in [2.24, 2.45) is 0 Å². The van der Waals surface area contributed by atoms with Gasteiger partial charge in [0.15, 0.2) is 4.34 Å². The fraction of sp³-hybridized carbons (Fsp3) is 0.400. The maximum atomic E-state index is 12.1. The zero-order chi connectivity index (χ0) is 15.9. The molecule has 0 saturated heterocycles. The lowest BCUT2D eigenvalue weighted by Crippen LogP contribution is -2.14. The van der Waals surface area contributed by atoms with E-state index in [1.165, 1.54) is 11.3 Å². The molecule has 0 fully saturated rings. The molecule has 2 rings (SSSR count). The molecule has 7 heteroatoms. The Labute approximate surface area is 138 Å². The summed E-state index contributed by atoms with van der Waals surface area (Å²) in [7, 11) is 1.60. The molecule has 2 aromatic rings. The van der Waals surface area contributed by atoms with Crippen LogP contribution in [0.5, 0.6) is 5.75 Å². The van der Waals surface area contributed by atoms with Crippen molar-refractivity contribution in [3.05, 3.63) is 29.8 Å². The lowest BCUT2D eigenvalue weighted by molar-refractivity contribution is -0.115. The van der Waals surface area contributed by atoms with Crippen LogP contribution >= 0.6 is 23.1 Å². The molecule has 1 aromatic heterocycles. The predicted octanol–water partition coefficient (Wildman–Crippen LogP) is 3.62. The first kappa shape index (κ1) is 16.8. The highest BCUT2D eigenvalue weighted by molar-refractivity contribution is 8.01. The molecule has 1 atom stereocenters. The van der Waals surface area contributed by atoms with Crippen LogP contribution in [0.2, 0.25) is 0 Å². The maximum absolute atomic E-state index is 12.1. The van der Waals surface area contributed by atoms with Crippen molar-refractivity contribution in [3.63, 3.8) is 0 Å². The molecule has 1 amide bonds. The summed E-state index contributed by atoms with van der Waals surface area (Å²) < 4.78 is 6.12. The number of para-hydroxylation sites is 1. The molecule has 22 heavy (non-hydrogen) atoms. The molecule has 118 valence electrons. The topological polar surface area (TPSA) is 64.1 Å². The second kappa shape index (κ2) is 8.14. The summed E-state index contributed by atoms with van der Waals surface area (Å²) in [6.45, 7) is 4.28. The minimum Gasteiger partial charge on any atom is -0.496 e. The number of aromatic nitrogens is 2. The van der Waals surface area contributed by atoms with E-state index in [9.17, 15) is 4.79 Å². The standard InChI is InChI=1S/C15H19N3O2S2/c1-4-10(2)21-15-18-17-14(22-15)16-13(19)9-11-7-5-6-8-12(11)20-3/h5-8,10H,4,9H2,1-3H3,(H,16,17,19). The van der Waals surface area contributed by atoms with Crippen molar-refractivity contribution in [2.45, 2.75) is 36.3 Å². The van der Waals surface area contributed by atoms with Gasteiger partial charge in [-0.3, -0.25) is 4.79 Å². The minimum absolute atomic E-state index is 0.124. The number of amides is 1. The Morgan fingerprint density at radius 1 is 1.41 bits per heavy atom. The third-order valence-electron chi connectivity index (χ3n) is 3.07. The van der Waals surface area contributed by atoms with Crippen LogP contribution in [0.25, 0.3) is 0 Å². The van der Waals surface area contributed by atoms with Gasteiger partial charge in [-0.1, -0.05) is 55.1 Å². The molecule has 0 aliphatic rings. The third-order valence-corrected chi connectivity index (χ3v) is 5.26. The zero-order valence-electron chi connectivity index (χ0n) is 12.8. The van der Waals surface area contributed by atoms with Gasteiger partial charge >= 0.3 is 0 Å². The number of methoxy groups -OCH3 is 1. The van der Waals surface area contributed by atoms with E-state index in [0.29, 0.717) is 16.1 Å². The van der Waals surface area contributed by atoms with Crippen LogP contribution in [0.3, 0.4) is 0 Å². The second-order valence-corrected chi connectivity index (χ2v) is 7.41. The van der Waals surface area contributed by atoms with E-state index in [1.54, 1.807) is 18.9 Å². The van der Waals surface area contributed by atoms with Gasteiger partial charge in [0.1, 0.15) is 5.75 Å². The molecule has 0 spiro atoms. The van der Waals surface area contributed by atoms with Crippen molar-refractivity contribution in [2.75, 3.05) is 12.4 Å². The average Bonchev–Trinajstić information content (AvgIpc) is 2.94. The quantitative estimate of drug-likeness (QED) is 0.617. The first-order chi connectivity index (χ1) is 10.6. The van der Waals surface area contributed by atoms with Crippen LogP contribution in [0.15, 0.2) is 28.6 Å². The lowest BCUT2D eigenvalue weighted by Gasteiger charge is -2.07. The Morgan fingerprint density at radius 2 is 2.18 bits per heavy atom. The first-order valence-electron chi connectivity index (χ1n) is 7.04. The summed E-state index contributed by atoms with van der Waals surface area (Å²) in [6, 6.07) is 7.48. The van der Waals surface area contributed by atoms with Crippen molar-refractivity contribution < 1.29 is 9.53 Å². The number of rotatable bonds is 7. The fourth-order valence-electron chi connectivity index (χ4n) is 1.75. The van der Waals surface area contributed by atoms with Crippen LogP contribution < -0.4 is 10.1 Å². The van der Waals surface area contributed by atoms with E-state index in [1.807, 2.05) is 24.3 Å². The second-order valence-electron chi connectivity index (χ2n) is 4.75. The summed E-state index contributed by atoms with van der Waals surface area (Å²) in [5.74, 6) is 0.587. The monoisotopic (exact) mass is 337 g/mol. The Kier molecular flexibility index (Phi) is 6.21. The van der Waals surface area contributed by atoms with Crippen LogP contribution in [-0.4, -0.2) is 28.5 Å². The van der Waals surface area contributed by atoms with Gasteiger partial charge in [0.25, 0.3) is 0 Å². The highest BCUT2D eigenvalue weighted by Crippen LogP contribution is 2.30. The van der Waals surface area contributed by atoms with Crippen molar-refractivity contribution >= 4 is 34.1 Å². The predicted molar refractivity (Wildman–Crippen MR) is 90.8 cm³/mol. The summed E-state index contributed by atoms with van der Waals surface area (Å²) in [5.41, 5.74) is 0.848. The molecule has 5 nitrogen and oxygen atoms in total. The third kappa shape index (κ3) is 4.71. The highest BCUT2D eigenvalue weighted by Gasteiger charge is 2.12. The number of carbonyl (C=O) groups excluding carboxylic acids is 1. The summed E-state index contributed by atoms with van der Waals surface area (Å²) in [5, 5.41) is 11.9. The summed E-state index contributed by atoms with van der Waals surface area (Å²) >= 11 is 3.08. The van der Waals surface area contributed by atoms with E-state index in [-0.39, 0.29) is 12.3 Å². The lowest BCUT2D eigenvalue weighted by atomic mass is 10.1. The van der Waals surface area contributed by atoms with Gasteiger partial charge in [-0.25, -0.2) is 0 Å². The van der Waals surface area contributed by atoms with Gasteiger partial charge in [-0.05, 0) is 12.5 Å². The molecular formula is C15H19N3O2S2. The smallest absolute Gasteiger partial charge is 0.230 e. The van der Waals surface area contributed by atoms with E-state index in [4.69, 9.17) is 4.74 Å². The Hall–Kier alpha value is -1.60. The average molecular weight is 337 g/mol. The van der Waals surface area contributed by atoms with Crippen molar-refractivity contribution in [1.82, 2.24) is 10.2 Å². The van der Waals surface area contributed by atoms with Crippen LogP contribution in [0.1, 0.15) is 25.8 Å². The maximum Gasteiger partial charge on any atom is 0.230 e. The zero-order valence-corrected chi connectivity index (χ0v) is 14.5. The molecular weight excluding hydrogens is 318 g/mol. The normalized spacial score (nSPS) is 12.0. The summed E-state index contributed by atoms with van der Waals surface area (Å²) in [6.07, 6.45) is 1.32. The van der Waals surface area contributed by atoms with Gasteiger partial charge in [-0.15, -0.1) is 10.2 Å². The van der Waals surface area contributed by atoms with E-state index in [0.717, 1.165) is 16.3 Å². The molecule has 0 aliphatic heterocycles. The van der Waals surface area contributed by atoms with E-state index in [2.05, 4.69) is 29.4 Å². The Morgan fingerprint density at radius 3 is 2.91 bits per heavy atom. The van der Waals surface area contributed by atoms with Gasteiger partial charge in [0, 0.05) is 10.8 Å². The minimum atomic E-state index is -0.124. The van der Waals surface area contributed by atoms with E-state index >= 15 is 0 Å². The number of hydrogen-bond donors (Lipinski definition) is 1. The number of carbonyl (C=O) groups is 1. The van der Waals surface area contributed by atoms with Gasteiger partial charge in [0.05, 0.1) is 13.5 Å². The van der Waals surface area contributed by atoms with Crippen LogP contribution in [-0.2, 0) is 11.2 Å². The van der Waals surface area contributed by atoms with Crippen molar-refractivity contribution in [1.29, 1.82) is 0 Å². The number of ether oxygens (including phenoxy) is 1. The molecule has 1 N–H and O–H groups in total. The molecule has 0 radical (unpaired) electrons. The molecule has 1 heterocycles. The molecule has 0 bridgehead atoms. The number of thioether (sulfide) groups is 1. The number of benzene rings is 1.